The monoisotopic (exact) mass is 563 g/mol. The van der Waals surface area contributed by atoms with Crippen molar-refractivity contribution in [2.75, 3.05) is 4.72 Å². The highest BCUT2D eigenvalue weighted by atomic mass is 32.2. The molecule has 0 radical (unpaired) electrons. The number of rotatable bonds is 9. The third kappa shape index (κ3) is 6.00. The average molecular weight is 564 g/mol. The van der Waals surface area contributed by atoms with E-state index in [-0.39, 0.29) is 47.0 Å². The summed E-state index contributed by atoms with van der Waals surface area (Å²) in [6.45, 7) is 1.73. The van der Waals surface area contributed by atoms with Crippen molar-refractivity contribution in [3.63, 3.8) is 0 Å². The van der Waals surface area contributed by atoms with E-state index >= 15 is 4.39 Å². The van der Waals surface area contributed by atoms with Gasteiger partial charge in [0.1, 0.15) is 11.3 Å². The molecule has 0 aliphatic carbocycles. The molecule has 2 heterocycles. The molecule has 8 nitrogen and oxygen atoms in total. The number of pyridine rings is 1. The Labute approximate surface area is 228 Å². The Morgan fingerprint density at radius 1 is 0.975 bits per heavy atom. The second kappa shape index (κ2) is 11.2. The van der Waals surface area contributed by atoms with E-state index in [4.69, 9.17) is 9.15 Å². The van der Waals surface area contributed by atoms with Crippen molar-refractivity contribution in [2.45, 2.75) is 19.9 Å². The summed E-state index contributed by atoms with van der Waals surface area (Å²) in [7, 11) is -4.08. The first-order chi connectivity index (χ1) is 19.2. The fourth-order valence-electron chi connectivity index (χ4n) is 4.14. The lowest BCUT2D eigenvalue weighted by Crippen LogP contribution is -2.30. The Bertz CT molecular complexity index is 1860. The Balaban J connectivity index is 1.37. The highest BCUT2D eigenvalue weighted by molar-refractivity contribution is 7.90. The van der Waals surface area contributed by atoms with Crippen LogP contribution >= 0.6 is 0 Å². The summed E-state index contributed by atoms with van der Waals surface area (Å²) in [4.78, 5) is 16.7. The molecule has 0 atom stereocenters. The Morgan fingerprint density at radius 3 is 2.55 bits per heavy atom. The molecule has 204 valence electrons. The van der Waals surface area contributed by atoms with Crippen LogP contribution in [0.3, 0.4) is 0 Å². The fourth-order valence-corrected chi connectivity index (χ4v) is 5.02. The lowest BCUT2D eigenvalue weighted by atomic mass is 9.99. The van der Waals surface area contributed by atoms with Gasteiger partial charge in [0, 0.05) is 36.2 Å². The van der Waals surface area contributed by atoms with Crippen molar-refractivity contribution in [3.8, 4) is 11.6 Å². The van der Waals surface area contributed by atoms with Crippen LogP contribution < -0.4 is 19.8 Å². The summed E-state index contributed by atoms with van der Waals surface area (Å²) in [5.41, 5.74) is 0.846. The van der Waals surface area contributed by atoms with E-state index in [9.17, 15) is 17.6 Å². The molecule has 2 N–H and O–H groups in total. The van der Waals surface area contributed by atoms with E-state index < -0.39 is 27.5 Å². The Hall–Kier alpha value is -4.61. The van der Waals surface area contributed by atoms with Gasteiger partial charge in [-0.2, -0.15) is 13.1 Å². The lowest BCUT2D eigenvalue weighted by Gasteiger charge is -2.13. The Morgan fingerprint density at radius 2 is 1.77 bits per heavy atom. The van der Waals surface area contributed by atoms with Crippen molar-refractivity contribution in [1.82, 2.24) is 9.71 Å². The SMILES string of the molecule is Cc1c(Cc2cccc(NS(=O)(=O)NCc3ccccc3)c2F)c(=O)oc2cc(Oc3ncccc3F)ccc12. The van der Waals surface area contributed by atoms with Crippen LogP contribution in [0.2, 0.25) is 0 Å². The van der Waals surface area contributed by atoms with E-state index in [0.29, 0.717) is 10.9 Å². The van der Waals surface area contributed by atoms with Crippen molar-refractivity contribution in [2.24, 2.45) is 0 Å². The van der Waals surface area contributed by atoms with Gasteiger partial charge in [0.05, 0.1) is 5.69 Å². The molecule has 0 spiro atoms. The number of nitrogens with zero attached hydrogens (tertiary/aromatic N) is 1. The van der Waals surface area contributed by atoms with E-state index in [0.717, 1.165) is 5.56 Å². The highest BCUT2D eigenvalue weighted by Gasteiger charge is 2.19. The highest BCUT2D eigenvalue weighted by Crippen LogP contribution is 2.29. The minimum absolute atomic E-state index is 0.0262. The molecule has 5 aromatic rings. The van der Waals surface area contributed by atoms with Gasteiger partial charge >= 0.3 is 5.63 Å². The molecule has 5 rings (SSSR count). The average Bonchev–Trinajstić information content (AvgIpc) is 2.93. The van der Waals surface area contributed by atoms with Gasteiger partial charge in [-0.25, -0.2) is 18.6 Å². The molecule has 0 amide bonds. The maximum Gasteiger partial charge on any atom is 0.340 e. The number of anilines is 1. The number of aromatic nitrogens is 1. The summed E-state index contributed by atoms with van der Waals surface area (Å²) >= 11 is 0. The van der Waals surface area contributed by atoms with E-state index in [1.54, 1.807) is 43.3 Å². The van der Waals surface area contributed by atoms with Gasteiger partial charge in [0.15, 0.2) is 11.6 Å². The second-order valence-electron chi connectivity index (χ2n) is 8.91. The zero-order valence-electron chi connectivity index (χ0n) is 21.1. The smallest absolute Gasteiger partial charge is 0.340 e. The van der Waals surface area contributed by atoms with E-state index in [2.05, 4.69) is 14.4 Å². The zero-order chi connectivity index (χ0) is 28.3. The van der Waals surface area contributed by atoms with Crippen molar-refractivity contribution < 1.29 is 26.4 Å². The molecule has 0 fully saturated rings. The molecule has 40 heavy (non-hydrogen) atoms. The molecule has 0 bridgehead atoms. The standard InChI is InChI=1S/C29H23F2N3O5S/c1-18-22-13-12-21(38-28-24(30)10-6-14-32-28)16-26(22)39-29(35)23(18)15-20-9-5-11-25(27(20)31)34-40(36,37)33-17-19-7-3-2-4-8-19/h2-14,16,33-34H,15,17H2,1H3. The van der Waals surface area contributed by atoms with Gasteiger partial charge in [0.25, 0.3) is 16.1 Å². The van der Waals surface area contributed by atoms with Crippen molar-refractivity contribution in [3.05, 3.63) is 129 Å². The molecule has 0 saturated heterocycles. The summed E-state index contributed by atoms with van der Waals surface area (Å²) in [5, 5.41) is 0.575. The van der Waals surface area contributed by atoms with Crippen LogP contribution in [0.25, 0.3) is 11.0 Å². The summed E-state index contributed by atoms with van der Waals surface area (Å²) in [6, 6.07) is 20.4. The number of aryl methyl sites for hydroxylation is 1. The van der Waals surface area contributed by atoms with E-state index in [1.807, 2.05) is 6.07 Å². The van der Waals surface area contributed by atoms with Crippen LogP contribution in [0, 0.1) is 18.6 Å². The first kappa shape index (κ1) is 27.0. The maximum atomic E-state index is 15.4. The number of nitrogens with one attached hydrogen (secondary N) is 2. The van der Waals surface area contributed by atoms with Crippen LogP contribution in [-0.2, 0) is 23.2 Å². The predicted molar refractivity (Wildman–Crippen MR) is 147 cm³/mol. The molecule has 3 aromatic carbocycles. The minimum atomic E-state index is -4.08. The van der Waals surface area contributed by atoms with Gasteiger partial charge in [0.2, 0.25) is 0 Å². The van der Waals surface area contributed by atoms with Gasteiger partial charge in [-0.3, -0.25) is 4.72 Å². The first-order valence-electron chi connectivity index (χ1n) is 12.1. The van der Waals surface area contributed by atoms with Crippen LogP contribution in [0.15, 0.2) is 94.3 Å². The number of ether oxygens (including phenoxy) is 1. The number of fused-ring (bicyclic) bond motifs is 1. The Kier molecular flexibility index (Phi) is 7.58. The largest absolute Gasteiger partial charge is 0.436 e. The lowest BCUT2D eigenvalue weighted by molar-refractivity contribution is 0.422. The quantitative estimate of drug-likeness (QED) is 0.226. The molecular weight excluding hydrogens is 540 g/mol. The molecule has 0 saturated carbocycles. The number of benzene rings is 3. The fraction of sp³-hybridized carbons (Fsp3) is 0.103. The molecule has 0 aliphatic rings. The molecule has 0 unspecified atom stereocenters. The number of hydrogen-bond donors (Lipinski definition) is 2. The second-order valence-corrected chi connectivity index (χ2v) is 10.4. The van der Waals surface area contributed by atoms with Gasteiger partial charge in [-0.15, -0.1) is 0 Å². The normalized spacial score (nSPS) is 11.5. The third-order valence-corrected chi connectivity index (χ3v) is 7.21. The molecule has 0 aliphatic heterocycles. The van der Waals surface area contributed by atoms with Crippen molar-refractivity contribution >= 4 is 26.9 Å². The summed E-state index contributed by atoms with van der Waals surface area (Å²) in [5.74, 6) is -1.46. The molecule has 11 heteroatoms. The topological polar surface area (TPSA) is 111 Å². The van der Waals surface area contributed by atoms with E-state index in [1.165, 1.54) is 42.6 Å². The van der Waals surface area contributed by atoms with Crippen LogP contribution in [-0.4, -0.2) is 13.4 Å². The maximum absolute atomic E-state index is 15.4. The summed E-state index contributed by atoms with van der Waals surface area (Å²) < 4.78 is 69.9. The van der Waals surface area contributed by atoms with Crippen molar-refractivity contribution in [1.29, 1.82) is 0 Å². The van der Waals surface area contributed by atoms with Gasteiger partial charge in [-0.1, -0.05) is 42.5 Å². The predicted octanol–water partition coefficient (Wildman–Crippen LogP) is 5.60. The first-order valence-corrected chi connectivity index (χ1v) is 13.6. The number of halogens is 2. The van der Waals surface area contributed by atoms with Gasteiger partial charge < -0.3 is 9.15 Å². The van der Waals surface area contributed by atoms with Gasteiger partial charge in [-0.05, 0) is 53.9 Å². The number of hydrogen-bond acceptors (Lipinski definition) is 6. The van der Waals surface area contributed by atoms with Crippen LogP contribution in [0.1, 0.15) is 22.3 Å². The third-order valence-electron chi connectivity index (χ3n) is 6.20. The molecular formula is C29H23F2N3O5S. The minimum Gasteiger partial charge on any atom is -0.436 e. The zero-order valence-corrected chi connectivity index (χ0v) is 22.0. The summed E-state index contributed by atoms with van der Waals surface area (Å²) in [6.07, 6.45) is 1.25. The van der Waals surface area contributed by atoms with Crippen LogP contribution in [0.4, 0.5) is 14.5 Å². The van der Waals surface area contributed by atoms with Crippen LogP contribution in [0.5, 0.6) is 11.6 Å². The molecule has 2 aromatic heterocycles.